The molecular weight excluding hydrogens is 355 g/mol. The molecule has 1 aliphatic rings. The maximum absolute atomic E-state index is 14.1. The van der Waals surface area contributed by atoms with Crippen molar-refractivity contribution in [1.29, 1.82) is 0 Å². The third-order valence-corrected chi connectivity index (χ3v) is 3.77. The van der Waals surface area contributed by atoms with Crippen LogP contribution < -0.4 is 0 Å². The van der Waals surface area contributed by atoms with Gasteiger partial charge in [-0.25, -0.2) is 30.7 Å². The van der Waals surface area contributed by atoms with Gasteiger partial charge in [-0.3, -0.25) is 0 Å². The highest BCUT2D eigenvalue weighted by Crippen LogP contribution is 2.62. The van der Waals surface area contributed by atoms with Crippen molar-refractivity contribution >= 4 is 0 Å². The Morgan fingerprint density at radius 2 is 1.04 bits per heavy atom. The normalized spacial score (nSPS) is 21.4. The highest BCUT2D eigenvalue weighted by atomic mass is 19.3. The van der Waals surface area contributed by atoms with Crippen molar-refractivity contribution in [2.24, 2.45) is 0 Å². The van der Waals surface area contributed by atoms with Crippen LogP contribution in [0.25, 0.3) is 0 Å². The summed E-state index contributed by atoms with van der Waals surface area (Å²) in [6.45, 7) is 0. The molecule has 10 heteroatoms. The summed E-state index contributed by atoms with van der Waals surface area (Å²) in [6, 6.07) is -0.197. The molecule has 0 aliphatic heterocycles. The monoisotopic (exact) mass is 358 g/mol. The smallest absolute Gasteiger partial charge is 0.313 e. The summed E-state index contributed by atoms with van der Waals surface area (Å²) < 4.78 is 122. The molecular formula is C14H3F9O. The predicted octanol–water partition coefficient (Wildman–Crippen LogP) is 4.00. The van der Waals surface area contributed by atoms with Crippen molar-refractivity contribution in [3.63, 3.8) is 0 Å². The molecule has 128 valence electrons. The second-order valence-corrected chi connectivity index (χ2v) is 5.04. The summed E-state index contributed by atoms with van der Waals surface area (Å²) >= 11 is 0. The molecule has 1 N–H and O–H groups in total. The van der Waals surface area contributed by atoms with E-state index in [0.29, 0.717) is 0 Å². The number of hydrogen-bond acceptors (Lipinski definition) is 1. The SMILES string of the molecule is OC1(c2c(F)cc(F)cc2F)c2c(F)c(F)c(F)c(F)c2C1(F)F. The third kappa shape index (κ3) is 1.66. The van der Waals surface area contributed by atoms with Crippen LogP contribution in [0.3, 0.4) is 0 Å². The molecule has 1 nitrogen and oxygen atoms in total. The lowest BCUT2D eigenvalue weighted by Gasteiger charge is -2.47. The van der Waals surface area contributed by atoms with E-state index in [2.05, 4.69) is 0 Å². The Kier molecular flexibility index (Phi) is 3.22. The molecule has 2 aromatic carbocycles. The number of rotatable bonds is 1. The van der Waals surface area contributed by atoms with Crippen LogP contribution in [0.5, 0.6) is 0 Å². The molecule has 0 aromatic heterocycles. The van der Waals surface area contributed by atoms with Crippen LogP contribution in [0, 0.1) is 40.7 Å². The molecule has 0 radical (unpaired) electrons. The molecule has 1 atom stereocenters. The van der Waals surface area contributed by atoms with Crippen LogP contribution in [-0.4, -0.2) is 5.11 Å². The van der Waals surface area contributed by atoms with E-state index in [1.807, 2.05) is 0 Å². The number of aliphatic hydroxyl groups is 1. The van der Waals surface area contributed by atoms with Crippen LogP contribution in [0.1, 0.15) is 16.7 Å². The minimum atomic E-state index is -4.92. The Labute approximate surface area is 126 Å². The van der Waals surface area contributed by atoms with Gasteiger partial charge in [0.2, 0.25) is 0 Å². The van der Waals surface area contributed by atoms with E-state index in [1.54, 1.807) is 0 Å². The molecule has 3 rings (SSSR count). The largest absolute Gasteiger partial charge is 0.374 e. The van der Waals surface area contributed by atoms with Gasteiger partial charge in [0.25, 0.3) is 0 Å². The maximum Gasteiger partial charge on any atom is 0.313 e. The minimum absolute atomic E-state index is 0.0986. The third-order valence-electron chi connectivity index (χ3n) is 3.77. The lowest BCUT2D eigenvalue weighted by molar-refractivity contribution is -0.210. The Bertz CT molecular complexity index is 870. The Morgan fingerprint density at radius 3 is 1.50 bits per heavy atom. The summed E-state index contributed by atoms with van der Waals surface area (Å²) in [5, 5.41) is 9.99. The number of benzene rings is 2. The van der Waals surface area contributed by atoms with E-state index < -0.39 is 68.9 Å². The lowest BCUT2D eigenvalue weighted by atomic mass is 9.65. The van der Waals surface area contributed by atoms with Gasteiger partial charge >= 0.3 is 5.92 Å². The van der Waals surface area contributed by atoms with Crippen molar-refractivity contribution < 1.29 is 44.6 Å². The number of alkyl halides is 2. The molecule has 0 heterocycles. The van der Waals surface area contributed by atoms with Gasteiger partial charge in [0.05, 0.1) is 11.1 Å². The van der Waals surface area contributed by atoms with Crippen LogP contribution in [0.15, 0.2) is 12.1 Å². The zero-order valence-electron chi connectivity index (χ0n) is 11.0. The van der Waals surface area contributed by atoms with Gasteiger partial charge < -0.3 is 5.11 Å². The fourth-order valence-corrected chi connectivity index (χ4v) is 2.71. The summed E-state index contributed by atoms with van der Waals surface area (Å²) in [5.41, 5.74) is -10.1. The van der Waals surface area contributed by atoms with Gasteiger partial charge in [0, 0.05) is 17.7 Å². The summed E-state index contributed by atoms with van der Waals surface area (Å²) in [5.74, 6) is -20.6. The fraction of sp³-hybridized carbons (Fsp3) is 0.143. The van der Waals surface area contributed by atoms with Crippen molar-refractivity contribution in [2.75, 3.05) is 0 Å². The summed E-state index contributed by atoms with van der Waals surface area (Å²) in [7, 11) is 0. The minimum Gasteiger partial charge on any atom is -0.374 e. The van der Waals surface area contributed by atoms with Crippen molar-refractivity contribution in [2.45, 2.75) is 11.5 Å². The standard InChI is InChI=1S/C14H3F9O/c15-3-1-4(16)6(5(17)2-3)13(24)7-8(14(13,22)23)10(19)12(21)11(20)9(7)18/h1-2,24H. The van der Waals surface area contributed by atoms with E-state index in [4.69, 9.17) is 0 Å². The van der Waals surface area contributed by atoms with E-state index in [0.717, 1.165) is 0 Å². The van der Waals surface area contributed by atoms with Crippen LogP contribution in [0.2, 0.25) is 0 Å². The topological polar surface area (TPSA) is 20.2 Å². The maximum atomic E-state index is 14.1. The second-order valence-electron chi connectivity index (χ2n) is 5.04. The van der Waals surface area contributed by atoms with Gasteiger partial charge in [0.1, 0.15) is 17.5 Å². The molecule has 1 unspecified atom stereocenters. The van der Waals surface area contributed by atoms with Gasteiger partial charge in [0.15, 0.2) is 28.9 Å². The highest BCUT2D eigenvalue weighted by Gasteiger charge is 2.72. The first-order chi connectivity index (χ1) is 11.0. The average Bonchev–Trinajstić information content (AvgIpc) is 2.46. The van der Waals surface area contributed by atoms with Gasteiger partial charge in [-0.15, -0.1) is 0 Å². The Morgan fingerprint density at radius 1 is 0.625 bits per heavy atom. The van der Waals surface area contributed by atoms with Gasteiger partial charge in [-0.1, -0.05) is 0 Å². The van der Waals surface area contributed by atoms with E-state index >= 15 is 0 Å². The first-order valence-corrected chi connectivity index (χ1v) is 6.08. The molecule has 0 fully saturated rings. The van der Waals surface area contributed by atoms with Crippen molar-refractivity contribution in [3.8, 4) is 0 Å². The predicted molar refractivity (Wildman–Crippen MR) is 59.5 cm³/mol. The van der Waals surface area contributed by atoms with Crippen molar-refractivity contribution in [3.05, 3.63) is 69.5 Å². The molecule has 2 aromatic rings. The number of fused-ring (bicyclic) bond motifs is 1. The molecule has 0 bridgehead atoms. The average molecular weight is 358 g/mol. The lowest BCUT2D eigenvalue weighted by Crippen LogP contribution is -2.57. The molecule has 0 saturated carbocycles. The van der Waals surface area contributed by atoms with Crippen LogP contribution >= 0.6 is 0 Å². The van der Waals surface area contributed by atoms with Gasteiger partial charge in [-0.2, -0.15) is 8.78 Å². The highest BCUT2D eigenvalue weighted by molar-refractivity contribution is 5.58. The Balaban J connectivity index is 2.44. The first-order valence-electron chi connectivity index (χ1n) is 6.08. The summed E-state index contributed by atoms with van der Waals surface area (Å²) in [4.78, 5) is 0. The van der Waals surface area contributed by atoms with Crippen LogP contribution in [-0.2, 0) is 11.5 Å². The van der Waals surface area contributed by atoms with E-state index in [1.165, 1.54) is 0 Å². The van der Waals surface area contributed by atoms with Crippen molar-refractivity contribution in [1.82, 2.24) is 0 Å². The number of hydrogen-bond donors (Lipinski definition) is 1. The molecule has 0 saturated heterocycles. The quantitative estimate of drug-likeness (QED) is 0.464. The molecule has 0 amide bonds. The van der Waals surface area contributed by atoms with Gasteiger partial charge in [-0.05, 0) is 0 Å². The number of halogens is 9. The zero-order chi connectivity index (χ0) is 18.2. The van der Waals surface area contributed by atoms with E-state index in [-0.39, 0.29) is 12.1 Å². The zero-order valence-corrected chi connectivity index (χ0v) is 11.0. The Hall–Kier alpha value is -2.23. The summed E-state index contributed by atoms with van der Waals surface area (Å²) in [6.07, 6.45) is 0. The molecule has 24 heavy (non-hydrogen) atoms. The molecule has 1 aliphatic carbocycles. The molecule has 0 spiro atoms. The van der Waals surface area contributed by atoms with E-state index in [9.17, 15) is 44.6 Å². The first kappa shape index (κ1) is 16.6. The second kappa shape index (κ2) is 4.65. The van der Waals surface area contributed by atoms with Crippen LogP contribution in [0.4, 0.5) is 39.5 Å². The fourth-order valence-electron chi connectivity index (χ4n) is 2.71.